The summed E-state index contributed by atoms with van der Waals surface area (Å²) < 4.78 is 10.9. The molecule has 0 aromatic carbocycles. The molecule has 0 spiro atoms. The van der Waals surface area contributed by atoms with Gasteiger partial charge >= 0.3 is 11.9 Å². The van der Waals surface area contributed by atoms with Crippen LogP contribution in [0.5, 0.6) is 0 Å². The van der Waals surface area contributed by atoms with Crippen LogP contribution in [-0.4, -0.2) is 51.7 Å². The lowest BCUT2D eigenvalue weighted by atomic mass is 9.77. The normalized spacial score (nSPS) is 36.8. The number of carbonyl (C=O) groups excluding carboxylic acids is 2. The van der Waals surface area contributed by atoms with Crippen LogP contribution in [0, 0.1) is 11.8 Å². The van der Waals surface area contributed by atoms with Crippen molar-refractivity contribution < 1.29 is 34.4 Å². The Kier molecular flexibility index (Phi) is 4.54. The Hall–Kier alpha value is -2.38. The van der Waals surface area contributed by atoms with Crippen molar-refractivity contribution in [1.29, 1.82) is 0 Å². The summed E-state index contributed by atoms with van der Waals surface area (Å²) in [6.45, 7) is 9.07. The number of rotatable bonds is 3. The lowest BCUT2D eigenvalue weighted by Crippen LogP contribution is -2.43. The monoisotopic (exact) mass is 362 g/mol. The van der Waals surface area contributed by atoms with Gasteiger partial charge in [-0.05, 0) is 25.0 Å². The molecule has 0 aromatic heterocycles. The average molecular weight is 362 g/mol. The second-order valence-corrected chi connectivity index (χ2v) is 7.00. The number of ether oxygens (including phenoxy) is 2. The summed E-state index contributed by atoms with van der Waals surface area (Å²) in [6.07, 6.45) is 1.63. The molecule has 0 amide bonds. The van der Waals surface area contributed by atoms with E-state index in [9.17, 15) is 19.8 Å². The molecule has 2 aliphatic carbocycles. The third-order valence-electron chi connectivity index (χ3n) is 5.54. The van der Waals surface area contributed by atoms with E-state index in [1.807, 2.05) is 13.0 Å². The van der Waals surface area contributed by atoms with Gasteiger partial charge in [0.1, 0.15) is 12.2 Å². The maximum absolute atomic E-state index is 12.1. The molecule has 0 radical (unpaired) electrons. The first-order chi connectivity index (χ1) is 12.2. The molecule has 5 unspecified atom stereocenters. The molecule has 3 N–H and O–H groups in total. The van der Waals surface area contributed by atoms with E-state index < -0.39 is 53.9 Å². The van der Waals surface area contributed by atoms with Crippen LogP contribution in [-0.2, 0) is 19.1 Å². The smallest absolute Gasteiger partial charge is 0.373 e. The fourth-order valence-electron chi connectivity index (χ4n) is 4.19. The van der Waals surface area contributed by atoms with Crippen molar-refractivity contribution in [2.45, 2.75) is 37.6 Å². The van der Waals surface area contributed by atoms with Crippen molar-refractivity contribution in [2.75, 3.05) is 6.61 Å². The molecule has 0 bridgehead atoms. The molecule has 7 heteroatoms. The molecule has 3 aliphatic rings. The van der Waals surface area contributed by atoms with Crippen molar-refractivity contribution in [3.8, 4) is 0 Å². The average Bonchev–Trinajstić information content (AvgIpc) is 3.01. The van der Waals surface area contributed by atoms with Gasteiger partial charge < -0.3 is 24.8 Å². The Morgan fingerprint density at radius 1 is 1.50 bits per heavy atom. The van der Waals surface area contributed by atoms with Gasteiger partial charge in [-0.1, -0.05) is 24.8 Å². The first kappa shape index (κ1) is 18.4. The largest absolute Gasteiger partial charge is 0.502 e. The Balaban J connectivity index is 1.99. The van der Waals surface area contributed by atoms with Crippen molar-refractivity contribution in [1.82, 2.24) is 0 Å². The summed E-state index contributed by atoms with van der Waals surface area (Å²) >= 11 is 0. The van der Waals surface area contributed by atoms with E-state index in [1.165, 1.54) is 0 Å². The molecule has 140 valence electrons. The predicted octanol–water partition coefficient (Wildman–Crippen LogP) is 1.09. The van der Waals surface area contributed by atoms with Gasteiger partial charge in [-0.25, -0.2) is 9.59 Å². The van der Waals surface area contributed by atoms with Crippen molar-refractivity contribution >= 4 is 11.9 Å². The van der Waals surface area contributed by atoms with E-state index in [-0.39, 0.29) is 12.0 Å². The first-order valence-corrected chi connectivity index (χ1v) is 8.38. The highest BCUT2D eigenvalue weighted by Gasteiger charge is 2.59. The summed E-state index contributed by atoms with van der Waals surface area (Å²) in [6, 6.07) is 0. The number of fused-ring (bicyclic) bond motifs is 3. The first-order valence-electron chi connectivity index (χ1n) is 8.38. The maximum Gasteiger partial charge on any atom is 0.373 e. The Labute approximate surface area is 150 Å². The van der Waals surface area contributed by atoms with E-state index in [0.717, 1.165) is 11.6 Å². The van der Waals surface area contributed by atoms with Crippen molar-refractivity contribution in [3.05, 3.63) is 47.8 Å². The summed E-state index contributed by atoms with van der Waals surface area (Å²) in [5, 5.41) is 29.6. The number of aliphatic hydroxyl groups excluding tert-OH is 2. The van der Waals surface area contributed by atoms with E-state index in [0.29, 0.717) is 12.0 Å². The van der Waals surface area contributed by atoms with E-state index >= 15 is 0 Å². The summed E-state index contributed by atoms with van der Waals surface area (Å²) in [5.74, 6) is -3.51. The Morgan fingerprint density at radius 2 is 2.19 bits per heavy atom. The highest BCUT2D eigenvalue weighted by Crippen LogP contribution is 2.53. The number of aliphatic hydroxyl groups is 3. The second kappa shape index (κ2) is 6.41. The molecule has 1 aliphatic heterocycles. The van der Waals surface area contributed by atoms with Crippen LogP contribution in [0.15, 0.2) is 47.8 Å². The summed E-state index contributed by atoms with van der Waals surface area (Å²) in [4.78, 5) is 24.2. The zero-order chi connectivity index (χ0) is 19.2. The third kappa shape index (κ3) is 2.68. The van der Waals surface area contributed by atoms with E-state index in [4.69, 9.17) is 14.6 Å². The van der Waals surface area contributed by atoms with Crippen LogP contribution in [0.3, 0.4) is 0 Å². The molecule has 1 saturated heterocycles. The fraction of sp³-hybridized carbons (Fsp3) is 0.474. The number of carbonyl (C=O) groups is 2. The molecule has 0 aromatic rings. The number of hydrogen-bond donors (Lipinski definition) is 3. The fourth-order valence-corrected chi connectivity index (χ4v) is 4.19. The van der Waals surface area contributed by atoms with Gasteiger partial charge in [-0.15, -0.1) is 0 Å². The highest BCUT2D eigenvalue weighted by atomic mass is 16.6. The summed E-state index contributed by atoms with van der Waals surface area (Å²) in [7, 11) is 0. The van der Waals surface area contributed by atoms with Crippen LogP contribution in [0.2, 0.25) is 0 Å². The van der Waals surface area contributed by atoms with Crippen molar-refractivity contribution in [3.63, 3.8) is 0 Å². The predicted molar refractivity (Wildman–Crippen MR) is 90.8 cm³/mol. The minimum atomic E-state index is -1.29. The van der Waals surface area contributed by atoms with Crippen LogP contribution < -0.4 is 0 Å². The topological polar surface area (TPSA) is 113 Å². The minimum absolute atomic E-state index is 0.100. The van der Waals surface area contributed by atoms with Gasteiger partial charge in [-0.2, -0.15) is 0 Å². The van der Waals surface area contributed by atoms with Gasteiger partial charge in [0.05, 0.1) is 24.0 Å². The molecule has 7 nitrogen and oxygen atoms in total. The maximum atomic E-state index is 12.1. The second-order valence-electron chi connectivity index (χ2n) is 7.00. The zero-order valence-electron chi connectivity index (χ0n) is 14.5. The lowest BCUT2D eigenvalue weighted by Gasteiger charge is -2.34. The molecular formula is C19H22O7. The van der Waals surface area contributed by atoms with Gasteiger partial charge in [0, 0.05) is 12.0 Å². The van der Waals surface area contributed by atoms with Gasteiger partial charge in [0.25, 0.3) is 0 Å². The third-order valence-corrected chi connectivity index (χ3v) is 5.54. The van der Waals surface area contributed by atoms with E-state index in [2.05, 4.69) is 13.2 Å². The van der Waals surface area contributed by atoms with Gasteiger partial charge in [0.15, 0.2) is 5.76 Å². The molecular weight excluding hydrogens is 340 g/mol. The van der Waals surface area contributed by atoms with Crippen molar-refractivity contribution in [2.24, 2.45) is 11.8 Å². The Morgan fingerprint density at radius 3 is 2.85 bits per heavy atom. The molecule has 26 heavy (non-hydrogen) atoms. The summed E-state index contributed by atoms with van der Waals surface area (Å²) in [5.41, 5.74) is 0.218. The van der Waals surface area contributed by atoms with Crippen LogP contribution in [0.4, 0.5) is 0 Å². The van der Waals surface area contributed by atoms with E-state index in [1.54, 1.807) is 0 Å². The van der Waals surface area contributed by atoms with Crippen LogP contribution in [0.25, 0.3) is 0 Å². The molecule has 5 atom stereocenters. The van der Waals surface area contributed by atoms with Crippen LogP contribution in [0.1, 0.15) is 19.8 Å². The molecule has 1 heterocycles. The number of esters is 2. The molecule has 1 saturated carbocycles. The SMILES string of the molecule is C=C1C(=O)OC2C1C(OC(=O)C(O)=CCO)CC(=C)C1(O)CC=C(C)C21. The highest BCUT2D eigenvalue weighted by molar-refractivity contribution is 5.91. The zero-order valence-corrected chi connectivity index (χ0v) is 14.5. The lowest BCUT2D eigenvalue weighted by molar-refractivity contribution is -0.151. The van der Waals surface area contributed by atoms with Gasteiger partial charge in [0.2, 0.25) is 0 Å². The van der Waals surface area contributed by atoms with Crippen LogP contribution >= 0.6 is 0 Å². The minimum Gasteiger partial charge on any atom is -0.502 e. The molecule has 3 rings (SSSR count). The standard InChI is InChI=1S/C19H22O7/c1-9-4-6-19(24)10(2)8-13(25-18(23)12(21)5-7-20)14-11(3)17(22)26-16(14)15(9)19/h4-5,13-16,20-21,24H,2-3,6-8H2,1H3. The molecule has 2 fully saturated rings. The van der Waals surface area contributed by atoms with Gasteiger partial charge in [-0.3, -0.25) is 0 Å². The quantitative estimate of drug-likeness (QED) is 0.298. The number of hydrogen-bond acceptors (Lipinski definition) is 7. The Bertz CT molecular complexity index is 747.